The van der Waals surface area contributed by atoms with Gasteiger partial charge in [-0.2, -0.15) is 0 Å². The quantitative estimate of drug-likeness (QED) is 0.207. The summed E-state index contributed by atoms with van der Waals surface area (Å²) in [7, 11) is 0. The van der Waals surface area contributed by atoms with Crippen LogP contribution < -0.4 is 4.46 Å². The van der Waals surface area contributed by atoms with Gasteiger partial charge in [0.1, 0.15) is 0 Å². The van der Waals surface area contributed by atoms with Crippen molar-refractivity contribution in [1.29, 1.82) is 0 Å². The summed E-state index contributed by atoms with van der Waals surface area (Å²) in [6, 6.07) is 10.3. The first-order chi connectivity index (χ1) is 12.6. The molecule has 0 heterocycles. The molecule has 1 atom stereocenters. The number of unbranched alkanes of at least 4 members (excludes halogenated alkanes) is 3. The molecule has 0 aliphatic rings. The Kier molecular flexibility index (Phi) is 12.1. The van der Waals surface area contributed by atoms with E-state index < -0.39 is 17.9 Å². The molecular weight excluding hydrogens is 395 g/mol. The van der Waals surface area contributed by atoms with Crippen LogP contribution >= 0.6 is 0 Å². The molecule has 26 heavy (non-hydrogen) atoms. The van der Waals surface area contributed by atoms with Crippen LogP contribution in [0.3, 0.4) is 0 Å². The van der Waals surface area contributed by atoms with Gasteiger partial charge in [0.25, 0.3) is 0 Å². The molecule has 0 spiro atoms. The van der Waals surface area contributed by atoms with Gasteiger partial charge in [0, 0.05) is 0 Å². The Morgan fingerprint density at radius 2 is 1.54 bits per heavy atom. The van der Waals surface area contributed by atoms with Gasteiger partial charge < -0.3 is 0 Å². The van der Waals surface area contributed by atoms with E-state index in [4.69, 9.17) is 9.47 Å². The van der Waals surface area contributed by atoms with Crippen LogP contribution in [0, 0.1) is 5.92 Å². The number of benzene rings is 1. The molecule has 0 N–H and O–H groups in total. The third kappa shape index (κ3) is 8.86. The molecule has 1 aromatic rings. The Labute approximate surface area is 164 Å². The summed E-state index contributed by atoms with van der Waals surface area (Å²) in [6.45, 7) is 6.27. The summed E-state index contributed by atoms with van der Waals surface area (Å²) in [4.78, 5) is 24.9. The van der Waals surface area contributed by atoms with Gasteiger partial charge in [0.2, 0.25) is 0 Å². The average Bonchev–Trinajstić information content (AvgIpc) is 2.64. The standard InChI is InChI=1S/C21H32O4Se/c1-4-7-8-10-15-18(26-17-13-11-9-12-14-17)16-19(20(22)24-5-2)21(23)25-6-3/h9,11-14,18-19H,4-8,10,15-16H2,1-3H3. The number of carbonyl (C=O) groups excluding carboxylic acids is 2. The molecule has 0 aliphatic carbocycles. The van der Waals surface area contributed by atoms with Gasteiger partial charge >= 0.3 is 164 Å². The summed E-state index contributed by atoms with van der Waals surface area (Å²) in [5.41, 5.74) is 0. The number of hydrogen-bond acceptors (Lipinski definition) is 4. The van der Waals surface area contributed by atoms with E-state index in [0.29, 0.717) is 11.2 Å². The van der Waals surface area contributed by atoms with Crippen molar-refractivity contribution < 1.29 is 19.1 Å². The molecule has 0 bridgehead atoms. The fourth-order valence-electron chi connectivity index (χ4n) is 2.75. The molecule has 0 fully saturated rings. The van der Waals surface area contributed by atoms with Crippen LogP contribution in [0.4, 0.5) is 0 Å². The Balaban J connectivity index is 2.82. The second kappa shape index (κ2) is 13.8. The first kappa shape index (κ1) is 22.7. The number of ether oxygens (including phenoxy) is 2. The Morgan fingerprint density at radius 3 is 2.08 bits per heavy atom. The fourth-order valence-corrected chi connectivity index (χ4v) is 5.42. The Bertz CT molecular complexity index is 500. The SMILES string of the molecule is CCCCCCC(CC(C(=O)OCC)C(=O)OCC)[Se]c1ccccc1. The van der Waals surface area contributed by atoms with Crippen LogP contribution in [0.25, 0.3) is 0 Å². The van der Waals surface area contributed by atoms with Crippen LogP contribution in [-0.4, -0.2) is 40.1 Å². The summed E-state index contributed by atoms with van der Waals surface area (Å²) in [6.07, 6.45) is 6.29. The third-order valence-corrected chi connectivity index (χ3v) is 6.81. The zero-order valence-electron chi connectivity index (χ0n) is 16.2. The summed E-state index contributed by atoms with van der Waals surface area (Å²) >= 11 is 0.213. The molecular formula is C21H32O4Se. The maximum atomic E-state index is 12.3. The van der Waals surface area contributed by atoms with Crippen LogP contribution in [-0.2, 0) is 19.1 Å². The van der Waals surface area contributed by atoms with Gasteiger partial charge in [0.15, 0.2) is 0 Å². The van der Waals surface area contributed by atoms with Gasteiger partial charge in [0.05, 0.1) is 0 Å². The molecule has 0 saturated heterocycles. The molecule has 1 aromatic carbocycles. The summed E-state index contributed by atoms with van der Waals surface area (Å²) in [5, 5.41) is 0. The van der Waals surface area contributed by atoms with Crippen molar-refractivity contribution in [2.24, 2.45) is 5.92 Å². The minimum atomic E-state index is -0.809. The van der Waals surface area contributed by atoms with E-state index in [9.17, 15) is 9.59 Å². The van der Waals surface area contributed by atoms with Gasteiger partial charge in [-0.15, -0.1) is 0 Å². The van der Waals surface area contributed by atoms with E-state index >= 15 is 0 Å². The fraction of sp³-hybridized carbons (Fsp3) is 0.619. The van der Waals surface area contributed by atoms with Crippen molar-refractivity contribution in [2.75, 3.05) is 13.2 Å². The monoisotopic (exact) mass is 428 g/mol. The predicted octanol–water partition coefficient (Wildman–Crippen LogP) is 3.91. The van der Waals surface area contributed by atoms with E-state index in [0.717, 1.165) is 12.8 Å². The number of rotatable bonds is 13. The van der Waals surface area contributed by atoms with Gasteiger partial charge in [-0.3, -0.25) is 0 Å². The molecule has 5 heteroatoms. The van der Waals surface area contributed by atoms with E-state index in [1.807, 2.05) is 18.2 Å². The van der Waals surface area contributed by atoms with Crippen LogP contribution in [0.15, 0.2) is 30.3 Å². The Morgan fingerprint density at radius 1 is 0.923 bits per heavy atom. The van der Waals surface area contributed by atoms with E-state index in [1.165, 1.54) is 23.7 Å². The normalized spacial score (nSPS) is 12.0. The molecule has 0 amide bonds. The van der Waals surface area contributed by atoms with Crippen molar-refractivity contribution in [1.82, 2.24) is 0 Å². The van der Waals surface area contributed by atoms with Gasteiger partial charge in [-0.1, -0.05) is 0 Å². The van der Waals surface area contributed by atoms with Crippen LogP contribution in [0.5, 0.6) is 0 Å². The maximum absolute atomic E-state index is 12.3. The minimum absolute atomic E-state index is 0.213. The third-order valence-electron chi connectivity index (χ3n) is 4.07. The molecule has 0 saturated carbocycles. The van der Waals surface area contributed by atoms with Crippen molar-refractivity contribution in [3.8, 4) is 0 Å². The van der Waals surface area contributed by atoms with Crippen LogP contribution in [0.2, 0.25) is 4.82 Å². The van der Waals surface area contributed by atoms with Crippen molar-refractivity contribution in [2.45, 2.75) is 64.1 Å². The predicted molar refractivity (Wildman–Crippen MR) is 106 cm³/mol. The van der Waals surface area contributed by atoms with Crippen molar-refractivity contribution >= 4 is 31.4 Å². The van der Waals surface area contributed by atoms with E-state index in [-0.39, 0.29) is 28.2 Å². The second-order valence-electron chi connectivity index (χ2n) is 6.19. The number of carbonyl (C=O) groups is 2. The number of esters is 2. The summed E-state index contributed by atoms with van der Waals surface area (Å²) < 4.78 is 11.6. The zero-order chi connectivity index (χ0) is 19.2. The second-order valence-corrected chi connectivity index (χ2v) is 9.08. The first-order valence-electron chi connectivity index (χ1n) is 9.67. The molecule has 0 radical (unpaired) electrons. The summed E-state index contributed by atoms with van der Waals surface area (Å²) in [5.74, 6) is -1.71. The Hall–Kier alpha value is -1.32. The molecule has 146 valence electrons. The van der Waals surface area contributed by atoms with E-state index in [1.54, 1.807) is 13.8 Å². The van der Waals surface area contributed by atoms with Crippen molar-refractivity contribution in [3.05, 3.63) is 30.3 Å². The van der Waals surface area contributed by atoms with Crippen LogP contribution in [0.1, 0.15) is 59.3 Å². The molecule has 0 aliphatic heterocycles. The molecule has 0 aromatic heterocycles. The first-order valence-corrected chi connectivity index (χ1v) is 11.5. The van der Waals surface area contributed by atoms with Gasteiger partial charge in [-0.25, -0.2) is 0 Å². The zero-order valence-corrected chi connectivity index (χ0v) is 18.0. The molecule has 4 nitrogen and oxygen atoms in total. The molecule has 1 unspecified atom stereocenters. The number of hydrogen-bond donors (Lipinski definition) is 0. The van der Waals surface area contributed by atoms with Gasteiger partial charge in [-0.05, 0) is 0 Å². The molecule has 1 rings (SSSR count). The van der Waals surface area contributed by atoms with Crippen molar-refractivity contribution in [3.63, 3.8) is 0 Å². The van der Waals surface area contributed by atoms with E-state index in [2.05, 4.69) is 19.1 Å². The topological polar surface area (TPSA) is 52.6 Å². The average molecular weight is 427 g/mol.